The van der Waals surface area contributed by atoms with Crippen LogP contribution in [0.15, 0.2) is 48.5 Å². The van der Waals surface area contributed by atoms with Gasteiger partial charge in [-0.05, 0) is 61.8 Å². The molecule has 0 bridgehead atoms. The van der Waals surface area contributed by atoms with Gasteiger partial charge in [-0.2, -0.15) is 0 Å². The summed E-state index contributed by atoms with van der Waals surface area (Å²) >= 11 is 0. The van der Waals surface area contributed by atoms with E-state index in [1.54, 1.807) is 0 Å². The molecule has 0 heterocycles. The molecule has 0 saturated heterocycles. The number of benzene rings is 2. The molecule has 0 fully saturated rings. The Morgan fingerprint density at radius 3 is 2.60 bits per heavy atom. The first kappa shape index (κ1) is 11.6. The Balaban J connectivity index is 2.03. The van der Waals surface area contributed by atoms with Crippen LogP contribution in [-0.2, 0) is 17.7 Å². The first-order valence-electron chi connectivity index (χ1n) is 16.1. The van der Waals surface area contributed by atoms with Gasteiger partial charge in [-0.15, -0.1) is 0 Å². The van der Waals surface area contributed by atoms with E-state index < -0.39 is 75.7 Å². The highest BCUT2D eigenvalue weighted by molar-refractivity contribution is 5.36. The molecule has 30 heavy (non-hydrogen) atoms. The normalized spacial score (nSPS) is 22.5. The van der Waals surface area contributed by atoms with Crippen LogP contribution in [0.5, 0.6) is 5.75 Å². The van der Waals surface area contributed by atoms with Crippen molar-refractivity contribution in [2.45, 2.75) is 57.5 Å². The minimum absolute atomic E-state index is 0.244. The SMILES string of the molecule is [2H]C([2H])(CCCc1ccccc1)OC([2H])([2H])C([2H])([2H])CCC([2H])([2H])C([2H])([2H])NCC([2H])(O)c1ccc(O)c(C([2H])([2H])O)c1. The number of ether oxygens (including phenoxy) is 1. The van der Waals surface area contributed by atoms with E-state index in [0.29, 0.717) is 6.42 Å². The summed E-state index contributed by atoms with van der Waals surface area (Å²) in [7, 11) is 0. The summed E-state index contributed by atoms with van der Waals surface area (Å²) < 4.78 is 109. The zero-order chi connectivity index (χ0) is 33.1. The van der Waals surface area contributed by atoms with Gasteiger partial charge in [-0.3, -0.25) is 0 Å². The number of aromatic hydroxyl groups is 1. The predicted molar refractivity (Wildman–Crippen MR) is 121 cm³/mol. The Bertz CT molecular complexity index is 1210. The highest BCUT2D eigenvalue weighted by Gasteiger charge is 2.09. The van der Waals surface area contributed by atoms with Crippen molar-refractivity contribution in [3.05, 3.63) is 65.2 Å². The number of aliphatic hydroxyl groups is 2. The van der Waals surface area contributed by atoms with Gasteiger partial charge < -0.3 is 25.4 Å². The molecule has 1 atom stereocenters. The molecule has 0 aliphatic heterocycles. The molecule has 2 aromatic carbocycles. The van der Waals surface area contributed by atoms with E-state index in [2.05, 4.69) is 5.32 Å². The average molecular weight is 429 g/mol. The zero-order valence-corrected chi connectivity index (χ0v) is 16.6. The lowest BCUT2D eigenvalue weighted by Gasteiger charge is -2.14. The van der Waals surface area contributed by atoms with E-state index in [-0.39, 0.29) is 18.4 Å². The van der Waals surface area contributed by atoms with Gasteiger partial charge in [0.05, 0.1) is 22.2 Å². The van der Waals surface area contributed by atoms with Crippen molar-refractivity contribution in [1.82, 2.24) is 5.32 Å². The van der Waals surface area contributed by atoms with E-state index in [4.69, 9.17) is 22.6 Å². The fraction of sp³-hybridized carbons (Fsp3) is 0.520. The molecule has 4 N–H and O–H groups in total. The predicted octanol–water partition coefficient (Wildman–Crippen LogP) is 4.11. The van der Waals surface area contributed by atoms with Crippen molar-refractivity contribution in [3.8, 4) is 5.75 Å². The van der Waals surface area contributed by atoms with Crippen LogP contribution in [-0.4, -0.2) is 41.5 Å². The third-order valence-corrected chi connectivity index (χ3v) is 4.04. The van der Waals surface area contributed by atoms with Crippen molar-refractivity contribution < 1.29 is 37.9 Å². The van der Waals surface area contributed by atoms with Crippen LogP contribution in [0.2, 0.25) is 0 Å². The third-order valence-electron chi connectivity index (χ3n) is 4.04. The highest BCUT2D eigenvalue weighted by Crippen LogP contribution is 2.22. The molecule has 0 amide bonds. The summed E-state index contributed by atoms with van der Waals surface area (Å²) in [5.74, 6) is -0.662. The van der Waals surface area contributed by atoms with Gasteiger partial charge in [0.15, 0.2) is 0 Å². The molecule has 0 saturated carbocycles. The smallest absolute Gasteiger partial charge is 0.121 e. The lowest BCUT2D eigenvalue weighted by molar-refractivity contribution is 0.126. The van der Waals surface area contributed by atoms with Crippen molar-refractivity contribution in [3.63, 3.8) is 0 Å². The molecule has 0 radical (unpaired) electrons. The number of aryl methyl sites for hydroxylation is 1. The second-order valence-corrected chi connectivity index (χ2v) is 6.31. The Morgan fingerprint density at radius 2 is 1.80 bits per heavy atom. The number of rotatable bonds is 16. The Hall–Kier alpha value is -1.92. The summed E-state index contributed by atoms with van der Waals surface area (Å²) in [5, 5.41) is 32.0. The molecule has 166 valence electrons. The van der Waals surface area contributed by atoms with Crippen LogP contribution < -0.4 is 5.32 Å². The maximum atomic E-state index is 10.6. The lowest BCUT2D eigenvalue weighted by atomic mass is 10.1. The lowest BCUT2D eigenvalue weighted by Crippen LogP contribution is -2.22. The highest BCUT2D eigenvalue weighted by atomic mass is 16.5. The average Bonchev–Trinajstić information content (AvgIpc) is 2.85. The van der Waals surface area contributed by atoms with Gasteiger partial charge in [0, 0.05) is 33.5 Å². The largest absolute Gasteiger partial charge is 0.508 e. The molecule has 1 unspecified atom stereocenters. The fourth-order valence-electron chi connectivity index (χ4n) is 2.47. The maximum absolute atomic E-state index is 10.6. The number of phenols is 1. The van der Waals surface area contributed by atoms with E-state index in [9.17, 15) is 15.3 Å². The quantitative estimate of drug-likeness (QED) is 0.323. The van der Waals surface area contributed by atoms with Crippen molar-refractivity contribution in [2.75, 3.05) is 26.2 Å². The van der Waals surface area contributed by atoms with Gasteiger partial charge in [-0.1, -0.05) is 49.2 Å². The molecule has 5 nitrogen and oxygen atoms in total. The molecule has 0 aliphatic carbocycles. The molecule has 2 aromatic rings. The van der Waals surface area contributed by atoms with E-state index in [1.165, 1.54) is 0 Å². The van der Waals surface area contributed by atoms with Gasteiger partial charge in [-0.25, -0.2) is 0 Å². The minimum atomic E-state index is -3.21. The maximum Gasteiger partial charge on any atom is 0.121 e. The van der Waals surface area contributed by atoms with Crippen LogP contribution in [0.4, 0.5) is 0 Å². The summed E-state index contributed by atoms with van der Waals surface area (Å²) in [4.78, 5) is 0. The fourth-order valence-corrected chi connectivity index (χ4v) is 2.47. The summed E-state index contributed by atoms with van der Waals surface area (Å²) in [6, 6.07) is 11.9. The summed E-state index contributed by atoms with van der Waals surface area (Å²) in [6.45, 7) is -12.8. The first-order valence-corrected chi connectivity index (χ1v) is 9.60. The monoisotopic (exact) mass is 428 g/mol. The van der Waals surface area contributed by atoms with Gasteiger partial charge >= 0.3 is 0 Å². The van der Waals surface area contributed by atoms with Gasteiger partial charge in [0.2, 0.25) is 0 Å². The van der Waals surface area contributed by atoms with Crippen LogP contribution in [0.1, 0.15) is 79.0 Å². The molecular formula is C25H37NO4. The number of hydrogen-bond donors (Lipinski definition) is 4. The minimum Gasteiger partial charge on any atom is -0.508 e. The van der Waals surface area contributed by atoms with Crippen LogP contribution in [0, 0.1) is 0 Å². The molecule has 0 aromatic heterocycles. The zero-order valence-electron chi connectivity index (χ0n) is 29.6. The Kier molecular flexibility index (Phi) is 5.80. The summed E-state index contributed by atoms with van der Waals surface area (Å²) in [5.41, 5.74) is -0.0820. The van der Waals surface area contributed by atoms with E-state index in [0.717, 1.165) is 23.8 Å². The second kappa shape index (κ2) is 15.0. The first-order chi connectivity index (χ1) is 19.3. The standard InChI is InChI=1S/C25H37NO4/c27-20-23-18-22(13-14-24(23)28)25(29)19-26-15-7-1-2-8-16-30-17-9-6-12-21-10-4-3-5-11-21/h3-5,10-11,13-14,18,25-29H,1-2,6-9,12,15-17,19-20H2/i7D2,8D2,15D2,16D2,17D2,20D2,25D. The van der Waals surface area contributed by atoms with Gasteiger partial charge in [0.25, 0.3) is 0 Å². The molecular weight excluding hydrogens is 378 g/mol. The molecule has 0 spiro atoms. The summed E-state index contributed by atoms with van der Waals surface area (Å²) in [6.07, 6.45) is -9.85. The number of hydrogen-bond acceptors (Lipinski definition) is 5. The van der Waals surface area contributed by atoms with Crippen LogP contribution >= 0.6 is 0 Å². The molecule has 0 aliphatic rings. The van der Waals surface area contributed by atoms with Crippen LogP contribution in [0.25, 0.3) is 0 Å². The topological polar surface area (TPSA) is 82.0 Å². The second-order valence-electron chi connectivity index (χ2n) is 6.31. The molecule has 2 rings (SSSR count). The van der Waals surface area contributed by atoms with Gasteiger partial charge in [0.1, 0.15) is 5.75 Å². The Morgan fingerprint density at radius 1 is 1.00 bits per heavy atom. The van der Waals surface area contributed by atoms with Crippen molar-refractivity contribution >= 4 is 0 Å². The van der Waals surface area contributed by atoms with Crippen molar-refractivity contribution in [2.24, 2.45) is 0 Å². The van der Waals surface area contributed by atoms with Crippen molar-refractivity contribution in [1.29, 1.82) is 0 Å². The third kappa shape index (κ3) is 9.72. The number of nitrogens with one attached hydrogen (secondary N) is 1. The van der Waals surface area contributed by atoms with E-state index in [1.807, 2.05) is 30.3 Å². The Labute approximate surface area is 199 Å². The van der Waals surface area contributed by atoms with E-state index >= 15 is 0 Å². The van der Waals surface area contributed by atoms with Crippen LogP contribution in [0.3, 0.4) is 0 Å². The molecule has 5 heteroatoms.